The molecular formula is C82H148NO8P. The molecule has 9 nitrogen and oxygen atoms in total. The summed E-state index contributed by atoms with van der Waals surface area (Å²) in [7, 11) is 1.14. The van der Waals surface area contributed by atoms with Gasteiger partial charge in [0.25, 0.3) is 7.82 Å². The standard InChI is InChI=1S/C82H148NO8P/c1-6-8-10-12-14-16-18-20-22-24-26-28-30-32-34-35-36-37-38-39-40-41-42-43-44-45-46-47-49-50-52-54-56-58-60-62-64-66-68-70-72-74-81(84)88-78-80(79-90-92(86,87)89-77-76-83(3,4)5)91-82(85)75-73-71-69-67-65-63-61-59-57-55-53-51-48-33-31-29-27-25-23-21-19-17-15-13-11-9-7-2/h9,11,15,17,21,23,27,29,33,48,53,55,59,61,65,67,80H,6-8,10,12-14,16,18-20,22,24-26,28,30-32,34-47,49-52,54,56-58,60,62-64,66,68-79H2,1-5H3/b11-9-,17-15-,23-21-,29-27-,48-33-,55-53-,61-59-,67-65-. The second kappa shape index (κ2) is 72.2. The molecule has 0 aromatic heterocycles. The summed E-state index contributed by atoms with van der Waals surface area (Å²) in [4.78, 5) is 38.1. The zero-order chi connectivity index (χ0) is 66.9. The average Bonchev–Trinajstić information content (AvgIpc) is 2.14. The molecule has 0 saturated heterocycles. The van der Waals surface area contributed by atoms with Crippen LogP contribution in [0.5, 0.6) is 0 Å². The van der Waals surface area contributed by atoms with E-state index in [1.807, 2.05) is 21.1 Å². The number of quaternary nitrogens is 1. The van der Waals surface area contributed by atoms with E-state index in [0.29, 0.717) is 17.4 Å². The van der Waals surface area contributed by atoms with Crippen molar-refractivity contribution in [3.63, 3.8) is 0 Å². The molecule has 0 saturated carbocycles. The SMILES string of the molecule is CC/C=C\C/C=C\C/C=C\C/C=C\C/C=C\C/C=C\C/C=C\C/C=C\CCCCC(=O)OC(COC(=O)CCCCCCCCCCCCCCCCCCCCCCCCCCCCCCCCCCCCCCCCCCC)COP(=O)([O-])OCC[N+](C)(C)C. The van der Waals surface area contributed by atoms with Crippen LogP contribution in [0.3, 0.4) is 0 Å². The lowest BCUT2D eigenvalue weighted by atomic mass is 10.0. The van der Waals surface area contributed by atoms with Gasteiger partial charge in [0.2, 0.25) is 0 Å². The second-order valence-electron chi connectivity index (χ2n) is 27.4. The van der Waals surface area contributed by atoms with Crippen LogP contribution in [-0.2, 0) is 32.7 Å². The molecule has 0 heterocycles. The number of hydrogen-bond acceptors (Lipinski definition) is 8. The predicted molar refractivity (Wildman–Crippen MR) is 397 cm³/mol. The number of carbonyl (C=O) groups is 2. The molecule has 0 rings (SSSR count). The van der Waals surface area contributed by atoms with Gasteiger partial charge in [0.05, 0.1) is 27.7 Å². The van der Waals surface area contributed by atoms with E-state index in [0.717, 1.165) is 83.5 Å². The number of nitrogens with zero attached hydrogens (tertiary/aromatic N) is 1. The normalized spacial score (nSPS) is 13.6. The van der Waals surface area contributed by atoms with Crippen LogP contribution in [0.1, 0.15) is 361 Å². The van der Waals surface area contributed by atoms with Crippen LogP contribution in [0, 0.1) is 0 Å². The highest BCUT2D eigenvalue weighted by atomic mass is 31.2. The van der Waals surface area contributed by atoms with E-state index in [1.165, 1.54) is 244 Å². The van der Waals surface area contributed by atoms with Crippen LogP contribution in [0.25, 0.3) is 0 Å². The van der Waals surface area contributed by atoms with Crippen LogP contribution in [0.15, 0.2) is 97.2 Å². The zero-order valence-electron chi connectivity index (χ0n) is 61.0. The Morgan fingerprint density at radius 1 is 0.348 bits per heavy atom. The second-order valence-corrected chi connectivity index (χ2v) is 28.8. The van der Waals surface area contributed by atoms with Gasteiger partial charge in [-0.25, -0.2) is 0 Å². The van der Waals surface area contributed by atoms with Crippen molar-refractivity contribution >= 4 is 19.8 Å². The molecule has 0 aliphatic rings. The monoisotopic (exact) mass is 1310 g/mol. The summed E-state index contributed by atoms with van der Waals surface area (Å²) in [5.74, 6) is -0.877. The lowest BCUT2D eigenvalue weighted by Crippen LogP contribution is -2.37. The summed E-state index contributed by atoms with van der Waals surface area (Å²) in [5, 5.41) is 0. The number of phosphoric acid groups is 1. The number of hydrogen-bond donors (Lipinski definition) is 0. The Morgan fingerprint density at radius 2 is 0.620 bits per heavy atom. The van der Waals surface area contributed by atoms with Crippen LogP contribution >= 0.6 is 7.82 Å². The van der Waals surface area contributed by atoms with Crippen molar-refractivity contribution in [1.29, 1.82) is 0 Å². The van der Waals surface area contributed by atoms with Crippen LogP contribution < -0.4 is 4.89 Å². The Bertz CT molecular complexity index is 1880. The van der Waals surface area contributed by atoms with Gasteiger partial charge in [-0.15, -0.1) is 0 Å². The lowest BCUT2D eigenvalue weighted by molar-refractivity contribution is -0.870. The summed E-state index contributed by atoms with van der Waals surface area (Å²) in [6, 6.07) is 0. The summed E-state index contributed by atoms with van der Waals surface area (Å²) >= 11 is 0. The van der Waals surface area contributed by atoms with Gasteiger partial charge in [-0.3, -0.25) is 14.2 Å². The molecule has 2 atom stereocenters. The van der Waals surface area contributed by atoms with E-state index in [2.05, 4.69) is 111 Å². The number of carbonyl (C=O) groups excluding carboxylic acids is 2. The number of ether oxygens (including phenoxy) is 2. The minimum absolute atomic E-state index is 0.0431. The van der Waals surface area contributed by atoms with Gasteiger partial charge in [0.15, 0.2) is 6.10 Å². The molecule has 0 spiro atoms. The first-order chi connectivity index (χ1) is 45.0. The maximum Gasteiger partial charge on any atom is 0.306 e. The van der Waals surface area contributed by atoms with Crippen molar-refractivity contribution in [3.05, 3.63) is 97.2 Å². The van der Waals surface area contributed by atoms with Gasteiger partial charge in [-0.1, -0.05) is 368 Å². The Hall–Kier alpha value is -3.07. The molecule has 0 bridgehead atoms. The highest BCUT2D eigenvalue weighted by molar-refractivity contribution is 7.45. The summed E-state index contributed by atoms with van der Waals surface area (Å²) in [6.07, 6.45) is 101. The zero-order valence-corrected chi connectivity index (χ0v) is 61.9. The summed E-state index contributed by atoms with van der Waals surface area (Å²) < 4.78 is 34.3. The maximum absolute atomic E-state index is 12.8. The molecule has 0 aliphatic heterocycles. The van der Waals surface area contributed by atoms with E-state index >= 15 is 0 Å². The summed E-state index contributed by atoms with van der Waals surface area (Å²) in [5.41, 5.74) is 0. The van der Waals surface area contributed by atoms with Gasteiger partial charge < -0.3 is 27.9 Å². The van der Waals surface area contributed by atoms with Crippen molar-refractivity contribution in [2.45, 2.75) is 367 Å². The van der Waals surface area contributed by atoms with Crippen molar-refractivity contribution in [2.24, 2.45) is 0 Å². The predicted octanol–water partition coefficient (Wildman–Crippen LogP) is 25.2. The Balaban J connectivity index is 3.96. The molecule has 0 aromatic rings. The van der Waals surface area contributed by atoms with Crippen LogP contribution in [0.4, 0.5) is 0 Å². The largest absolute Gasteiger partial charge is 0.756 e. The number of esters is 2. The minimum atomic E-state index is -4.66. The van der Waals surface area contributed by atoms with E-state index in [9.17, 15) is 19.0 Å². The van der Waals surface area contributed by atoms with E-state index in [4.69, 9.17) is 18.5 Å². The molecule has 0 aliphatic carbocycles. The molecule has 0 N–H and O–H groups in total. The van der Waals surface area contributed by atoms with E-state index in [-0.39, 0.29) is 26.1 Å². The van der Waals surface area contributed by atoms with E-state index < -0.39 is 32.5 Å². The molecule has 534 valence electrons. The average molecular weight is 1310 g/mol. The smallest absolute Gasteiger partial charge is 0.306 e. The first kappa shape index (κ1) is 88.9. The van der Waals surface area contributed by atoms with Crippen LogP contribution in [0.2, 0.25) is 0 Å². The fraction of sp³-hybridized carbons (Fsp3) is 0.780. The summed E-state index contributed by atoms with van der Waals surface area (Å²) in [6.45, 7) is 4.11. The van der Waals surface area contributed by atoms with Crippen molar-refractivity contribution in [1.82, 2.24) is 0 Å². The molecule has 92 heavy (non-hydrogen) atoms. The van der Waals surface area contributed by atoms with Gasteiger partial charge >= 0.3 is 11.9 Å². The fourth-order valence-corrected chi connectivity index (χ4v) is 11.9. The maximum atomic E-state index is 12.8. The molecule has 0 aromatic carbocycles. The van der Waals surface area contributed by atoms with Crippen molar-refractivity contribution < 1.29 is 42.1 Å². The molecule has 10 heteroatoms. The van der Waals surface area contributed by atoms with Gasteiger partial charge in [-0.2, -0.15) is 0 Å². The molecular weight excluding hydrogens is 1160 g/mol. The van der Waals surface area contributed by atoms with Gasteiger partial charge in [0, 0.05) is 12.8 Å². The highest BCUT2D eigenvalue weighted by Crippen LogP contribution is 2.38. The third kappa shape index (κ3) is 76.0. The third-order valence-corrected chi connectivity index (χ3v) is 18.1. The Labute approximate surface area is 570 Å². The minimum Gasteiger partial charge on any atom is -0.756 e. The Morgan fingerprint density at radius 3 is 0.924 bits per heavy atom. The van der Waals surface area contributed by atoms with Gasteiger partial charge in [0.1, 0.15) is 19.8 Å². The molecule has 0 fully saturated rings. The molecule has 2 unspecified atom stereocenters. The molecule has 0 radical (unpaired) electrons. The van der Waals surface area contributed by atoms with Crippen molar-refractivity contribution in [3.8, 4) is 0 Å². The first-order valence-electron chi connectivity index (χ1n) is 38.9. The number of rotatable bonds is 72. The topological polar surface area (TPSA) is 111 Å². The van der Waals surface area contributed by atoms with E-state index in [1.54, 1.807) is 0 Å². The Kier molecular flexibility index (Phi) is 69.8. The number of allylic oxidation sites excluding steroid dienone is 16. The first-order valence-corrected chi connectivity index (χ1v) is 40.4. The number of likely N-dealkylation sites (N-methyl/N-ethyl adjacent to an activating group) is 1. The van der Waals surface area contributed by atoms with Crippen molar-refractivity contribution in [2.75, 3.05) is 47.5 Å². The fourth-order valence-electron chi connectivity index (χ4n) is 11.2. The number of phosphoric ester groups is 1. The van der Waals surface area contributed by atoms with Crippen LogP contribution in [-0.4, -0.2) is 70.0 Å². The number of unbranched alkanes of at least 4 members (excludes halogenated alkanes) is 42. The highest BCUT2D eigenvalue weighted by Gasteiger charge is 2.22. The quantitative estimate of drug-likeness (QED) is 0.0195. The lowest BCUT2D eigenvalue weighted by Gasteiger charge is -2.28. The van der Waals surface area contributed by atoms with Gasteiger partial charge in [-0.05, 0) is 77.0 Å². The third-order valence-electron chi connectivity index (χ3n) is 17.1. The molecule has 0 amide bonds.